The molecule has 2 atom stereocenters. The highest BCUT2D eigenvalue weighted by molar-refractivity contribution is 5.82. The van der Waals surface area contributed by atoms with Crippen LogP contribution in [-0.4, -0.2) is 49.6 Å². The molecule has 0 unspecified atom stereocenters. The van der Waals surface area contributed by atoms with Gasteiger partial charge in [0.05, 0.1) is 17.5 Å². The van der Waals surface area contributed by atoms with Crippen LogP contribution in [0.1, 0.15) is 16.7 Å². The fraction of sp³-hybridized carbons (Fsp3) is 0.345. The average Bonchev–Trinajstić information content (AvgIpc) is 2.92. The van der Waals surface area contributed by atoms with Crippen LogP contribution in [0.5, 0.6) is 5.75 Å². The first-order valence-electron chi connectivity index (χ1n) is 12.7. The number of para-hydroxylation sites is 1. The number of nitrogens with zero attached hydrogens (tertiary/aromatic N) is 2. The van der Waals surface area contributed by atoms with Gasteiger partial charge in [-0.05, 0) is 60.0 Å². The predicted octanol–water partition coefficient (Wildman–Crippen LogP) is 4.90. The van der Waals surface area contributed by atoms with Crippen molar-refractivity contribution in [2.24, 2.45) is 5.92 Å². The van der Waals surface area contributed by atoms with E-state index in [2.05, 4.69) is 15.1 Å². The second-order valence-corrected chi connectivity index (χ2v) is 9.72. The van der Waals surface area contributed by atoms with Gasteiger partial charge in [-0.3, -0.25) is 9.69 Å². The summed E-state index contributed by atoms with van der Waals surface area (Å²) >= 11 is 0. The fourth-order valence-corrected chi connectivity index (χ4v) is 5.29. The molecule has 38 heavy (non-hydrogen) atoms. The molecule has 3 aromatic rings. The van der Waals surface area contributed by atoms with Gasteiger partial charge in [0.15, 0.2) is 0 Å². The summed E-state index contributed by atoms with van der Waals surface area (Å²) in [6, 6.07) is 19.0. The molecule has 2 heterocycles. The van der Waals surface area contributed by atoms with Crippen molar-refractivity contribution in [1.29, 1.82) is 0 Å². The number of halogens is 4. The van der Waals surface area contributed by atoms with Crippen LogP contribution in [0.3, 0.4) is 0 Å². The summed E-state index contributed by atoms with van der Waals surface area (Å²) in [7, 11) is 0. The van der Waals surface area contributed by atoms with Gasteiger partial charge in [0.1, 0.15) is 18.2 Å². The molecule has 3 aromatic carbocycles. The van der Waals surface area contributed by atoms with E-state index in [1.54, 1.807) is 12.1 Å². The van der Waals surface area contributed by atoms with Crippen LogP contribution in [0, 0.1) is 11.7 Å². The maximum atomic E-state index is 13.4. The van der Waals surface area contributed by atoms with E-state index in [0.29, 0.717) is 38.3 Å². The molecule has 0 radical (unpaired) electrons. The lowest BCUT2D eigenvalue weighted by atomic mass is 9.82. The molecule has 1 saturated heterocycles. The molecule has 0 aromatic heterocycles. The molecule has 0 saturated carbocycles. The summed E-state index contributed by atoms with van der Waals surface area (Å²) in [5.41, 5.74) is 1.32. The van der Waals surface area contributed by atoms with Gasteiger partial charge in [-0.15, -0.1) is 0 Å². The first kappa shape index (κ1) is 26.0. The molecule has 5 rings (SSSR count). The molecule has 1 amide bonds. The largest absolute Gasteiger partial charge is 0.492 e. The standard InChI is InChI=1S/C29H29F4N3O2/c30-23-9-6-20(7-10-23)18-34-28(37)25-17-21-16-22(29(31,32)33)8-11-26(21)36-13-12-35(19-27(25)36)14-15-38-24-4-2-1-3-5-24/h1-11,16,25,27H,12-15,17-19H2,(H,34,37)/t25-,27-/m1/s1. The number of hydrogen-bond acceptors (Lipinski definition) is 4. The normalized spacial score (nSPS) is 19.4. The highest BCUT2D eigenvalue weighted by Gasteiger charge is 2.42. The molecule has 9 heteroatoms. The zero-order valence-corrected chi connectivity index (χ0v) is 20.8. The number of ether oxygens (including phenoxy) is 1. The van der Waals surface area contributed by atoms with Crippen molar-refractivity contribution >= 4 is 11.6 Å². The summed E-state index contributed by atoms with van der Waals surface area (Å²) in [6.07, 6.45) is -4.24. The Labute approximate surface area is 219 Å². The highest BCUT2D eigenvalue weighted by Crippen LogP contribution is 2.39. The number of fused-ring (bicyclic) bond motifs is 3. The second-order valence-electron chi connectivity index (χ2n) is 9.72. The molecule has 2 aliphatic rings. The van der Waals surface area contributed by atoms with Gasteiger partial charge in [-0.1, -0.05) is 30.3 Å². The summed E-state index contributed by atoms with van der Waals surface area (Å²) in [6.45, 7) is 3.27. The molecular formula is C29H29F4N3O2. The number of carbonyl (C=O) groups excluding carboxylic acids is 1. The Hall–Kier alpha value is -3.59. The van der Waals surface area contributed by atoms with Crippen LogP contribution in [0.2, 0.25) is 0 Å². The molecule has 200 valence electrons. The zero-order valence-electron chi connectivity index (χ0n) is 20.8. The average molecular weight is 528 g/mol. The quantitative estimate of drug-likeness (QED) is 0.444. The Morgan fingerprint density at radius 1 is 1.00 bits per heavy atom. The molecule has 0 spiro atoms. The number of carbonyl (C=O) groups is 1. The van der Waals surface area contributed by atoms with Crippen molar-refractivity contribution in [3.63, 3.8) is 0 Å². The van der Waals surface area contributed by atoms with Gasteiger partial charge in [-0.25, -0.2) is 4.39 Å². The molecule has 2 aliphatic heterocycles. The number of benzene rings is 3. The number of anilines is 1. The van der Waals surface area contributed by atoms with Crippen molar-refractivity contribution in [3.8, 4) is 5.75 Å². The van der Waals surface area contributed by atoms with Gasteiger partial charge in [0, 0.05) is 38.4 Å². The first-order chi connectivity index (χ1) is 18.3. The van der Waals surface area contributed by atoms with Crippen LogP contribution < -0.4 is 15.0 Å². The topological polar surface area (TPSA) is 44.8 Å². The Balaban J connectivity index is 1.32. The maximum absolute atomic E-state index is 13.4. The molecule has 5 nitrogen and oxygen atoms in total. The van der Waals surface area contributed by atoms with Crippen LogP contribution in [0.4, 0.5) is 23.2 Å². The Morgan fingerprint density at radius 3 is 2.50 bits per heavy atom. The van der Waals surface area contributed by atoms with Crippen molar-refractivity contribution in [3.05, 3.63) is 95.3 Å². The first-order valence-corrected chi connectivity index (χ1v) is 12.7. The molecular weight excluding hydrogens is 498 g/mol. The van der Waals surface area contributed by atoms with E-state index in [1.807, 2.05) is 30.3 Å². The highest BCUT2D eigenvalue weighted by atomic mass is 19.4. The molecule has 1 N–H and O–H groups in total. The molecule has 0 bridgehead atoms. The van der Waals surface area contributed by atoms with Crippen molar-refractivity contribution in [2.75, 3.05) is 37.7 Å². The zero-order chi connectivity index (χ0) is 26.7. The van der Waals surface area contributed by atoms with Crippen molar-refractivity contribution in [1.82, 2.24) is 10.2 Å². The van der Waals surface area contributed by atoms with Crippen LogP contribution >= 0.6 is 0 Å². The summed E-state index contributed by atoms with van der Waals surface area (Å²) < 4.78 is 59.4. The van der Waals surface area contributed by atoms with E-state index >= 15 is 0 Å². The van der Waals surface area contributed by atoms with Crippen molar-refractivity contribution < 1.29 is 27.1 Å². The third-order valence-electron chi connectivity index (χ3n) is 7.26. The Morgan fingerprint density at radius 2 is 1.76 bits per heavy atom. The van der Waals surface area contributed by atoms with Gasteiger partial charge in [-0.2, -0.15) is 13.2 Å². The maximum Gasteiger partial charge on any atom is 0.416 e. The minimum atomic E-state index is -4.45. The number of amides is 1. The third kappa shape index (κ3) is 5.93. The number of alkyl halides is 3. The van der Waals surface area contributed by atoms with Gasteiger partial charge in [0.2, 0.25) is 5.91 Å². The summed E-state index contributed by atoms with van der Waals surface area (Å²) in [4.78, 5) is 17.7. The van der Waals surface area contributed by atoms with E-state index in [1.165, 1.54) is 24.3 Å². The smallest absolute Gasteiger partial charge is 0.416 e. The number of rotatable bonds is 7. The van der Waals surface area contributed by atoms with E-state index < -0.39 is 17.7 Å². The van der Waals surface area contributed by atoms with E-state index in [4.69, 9.17) is 4.74 Å². The lowest BCUT2D eigenvalue weighted by Crippen LogP contribution is -2.61. The van der Waals surface area contributed by atoms with Gasteiger partial charge >= 0.3 is 6.18 Å². The monoisotopic (exact) mass is 527 g/mol. The van der Waals surface area contributed by atoms with E-state index in [-0.39, 0.29) is 30.7 Å². The number of nitrogens with one attached hydrogen (secondary N) is 1. The lowest BCUT2D eigenvalue weighted by Gasteiger charge is -2.49. The summed E-state index contributed by atoms with van der Waals surface area (Å²) in [5, 5.41) is 2.92. The lowest BCUT2D eigenvalue weighted by molar-refractivity contribution is -0.137. The number of hydrogen-bond donors (Lipinski definition) is 1. The Bertz CT molecular complexity index is 1250. The minimum absolute atomic E-state index is 0.196. The Kier molecular flexibility index (Phi) is 7.56. The minimum Gasteiger partial charge on any atom is -0.492 e. The summed E-state index contributed by atoms with van der Waals surface area (Å²) in [5.74, 6) is -0.339. The number of piperazine rings is 1. The molecule has 0 aliphatic carbocycles. The second kappa shape index (κ2) is 11.0. The van der Waals surface area contributed by atoms with Crippen LogP contribution in [-0.2, 0) is 23.9 Å². The van der Waals surface area contributed by atoms with Gasteiger partial charge in [0.25, 0.3) is 0 Å². The third-order valence-corrected chi connectivity index (χ3v) is 7.26. The molecule has 1 fully saturated rings. The predicted molar refractivity (Wildman–Crippen MR) is 136 cm³/mol. The SMILES string of the molecule is O=C(NCc1ccc(F)cc1)[C@@H]1Cc2cc(C(F)(F)F)ccc2N2CCN(CCOc3ccccc3)C[C@H]12. The van der Waals surface area contributed by atoms with Crippen LogP contribution in [0.25, 0.3) is 0 Å². The van der Waals surface area contributed by atoms with Crippen molar-refractivity contribution in [2.45, 2.75) is 25.2 Å². The van der Waals surface area contributed by atoms with E-state index in [0.717, 1.165) is 23.1 Å². The van der Waals surface area contributed by atoms with Gasteiger partial charge < -0.3 is 15.0 Å². The van der Waals surface area contributed by atoms with Crippen LogP contribution in [0.15, 0.2) is 72.8 Å². The fourth-order valence-electron chi connectivity index (χ4n) is 5.29. The van der Waals surface area contributed by atoms with E-state index in [9.17, 15) is 22.4 Å².